The number of pyridine rings is 1. The SMILES string of the molecule is COc1ccc(COC(=O)C2=C(C=Cc3ccc(C[n+]4ccccc4)cc3)CSC3C(NCc4ccccc4)C(=O)N23)cc1. The maximum absolute atomic E-state index is 13.6. The number of nitrogens with one attached hydrogen (secondary N) is 1. The molecule has 1 fully saturated rings. The van der Waals surface area contributed by atoms with Crippen molar-refractivity contribution < 1.29 is 23.6 Å². The van der Waals surface area contributed by atoms with E-state index in [1.807, 2.05) is 97.3 Å². The molecule has 8 heteroatoms. The van der Waals surface area contributed by atoms with E-state index in [0.717, 1.165) is 34.6 Å². The number of benzene rings is 3. The summed E-state index contributed by atoms with van der Waals surface area (Å²) < 4.78 is 13.1. The Bertz CT molecular complexity index is 1660. The second-order valence-electron chi connectivity index (χ2n) is 10.7. The van der Waals surface area contributed by atoms with Gasteiger partial charge in [0.05, 0.1) is 7.11 Å². The Balaban J connectivity index is 1.19. The minimum Gasteiger partial charge on any atom is -0.497 e. The van der Waals surface area contributed by atoms with Gasteiger partial charge in [-0.2, -0.15) is 0 Å². The Morgan fingerprint density at radius 2 is 1.61 bits per heavy atom. The van der Waals surface area contributed by atoms with Crippen LogP contribution >= 0.6 is 11.8 Å². The summed E-state index contributed by atoms with van der Waals surface area (Å²) in [7, 11) is 1.61. The van der Waals surface area contributed by atoms with Crippen LogP contribution in [0.4, 0.5) is 0 Å². The lowest BCUT2D eigenvalue weighted by Gasteiger charge is -2.49. The standard InChI is InChI=1S/C36H34N3O4S/c1-42-31-18-15-29(16-19-31)24-43-36(41)33-30(17-14-26-10-12-28(13-11-26)23-38-20-6-3-7-21-38)25-44-35-32(34(40)39(33)35)37-22-27-8-4-2-5-9-27/h2-21,32,35,37H,22-25H2,1H3/q+1. The number of aromatic nitrogens is 1. The van der Waals surface area contributed by atoms with Crippen molar-refractivity contribution in [1.82, 2.24) is 10.2 Å². The normalized spacial score (nSPS) is 17.8. The molecule has 2 aliphatic rings. The van der Waals surface area contributed by atoms with Crippen molar-refractivity contribution in [3.63, 3.8) is 0 Å². The molecule has 0 spiro atoms. The largest absolute Gasteiger partial charge is 0.497 e. The summed E-state index contributed by atoms with van der Waals surface area (Å²) in [5, 5.41) is 3.21. The topological polar surface area (TPSA) is 71.8 Å². The third kappa shape index (κ3) is 6.77. The number of β-lactam (4-membered cyclic amide) rings is 1. The van der Waals surface area contributed by atoms with Crippen molar-refractivity contribution >= 4 is 29.7 Å². The molecule has 2 atom stereocenters. The second-order valence-corrected chi connectivity index (χ2v) is 11.8. The summed E-state index contributed by atoms with van der Waals surface area (Å²) in [6, 6.07) is 31.4. The predicted octanol–water partition coefficient (Wildman–Crippen LogP) is 5.12. The fourth-order valence-electron chi connectivity index (χ4n) is 5.26. The molecular formula is C36H34N3O4S+. The van der Waals surface area contributed by atoms with Crippen LogP contribution in [0.1, 0.15) is 22.3 Å². The zero-order valence-electron chi connectivity index (χ0n) is 24.5. The number of carbonyl (C=O) groups excluding carboxylic acids is 2. The van der Waals surface area contributed by atoms with E-state index in [-0.39, 0.29) is 23.9 Å². The lowest BCUT2D eigenvalue weighted by molar-refractivity contribution is -0.688. The molecule has 0 aliphatic carbocycles. The number of nitrogens with zero attached hydrogens (tertiary/aromatic N) is 2. The van der Waals surface area contributed by atoms with E-state index in [2.05, 4.69) is 34.1 Å². The molecule has 3 aromatic carbocycles. The smallest absolute Gasteiger partial charge is 0.355 e. The van der Waals surface area contributed by atoms with E-state index in [9.17, 15) is 9.59 Å². The van der Waals surface area contributed by atoms with Crippen molar-refractivity contribution in [2.24, 2.45) is 0 Å². The highest BCUT2D eigenvalue weighted by Gasteiger charge is 2.53. The minimum absolute atomic E-state index is 0.0970. The monoisotopic (exact) mass is 604 g/mol. The van der Waals surface area contributed by atoms with Crippen LogP contribution in [0.15, 0.2) is 127 Å². The molecule has 0 bridgehead atoms. The molecule has 6 rings (SSSR count). The van der Waals surface area contributed by atoms with Gasteiger partial charge in [0.1, 0.15) is 29.5 Å². The second kappa shape index (κ2) is 13.8. The molecule has 2 unspecified atom stereocenters. The van der Waals surface area contributed by atoms with Crippen molar-refractivity contribution in [2.75, 3.05) is 12.9 Å². The van der Waals surface area contributed by atoms with Gasteiger partial charge < -0.3 is 9.47 Å². The zero-order valence-corrected chi connectivity index (χ0v) is 25.3. The molecule has 2 aliphatic heterocycles. The number of thioether (sulfide) groups is 1. The van der Waals surface area contributed by atoms with Crippen LogP contribution in [0.5, 0.6) is 5.75 Å². The highest BCUT2D eigenvalue weighted by atomic mass is 32.2. The van der Waals surface area contributed by atoms with Crippen molar-refractivity contribution in [3.8, 4) is 5.75 Å². The number of hydrogen-bond acceptors (Lipinski definition) is 6. The lowest BCUT2D eigenvalue weighted by Crippen LogP contribution is -2.69. The number of hydrogen-bond donors (Lipinski definition) is 1. The molecule has 1 aromatic heterocycles. The van der Waals surface area contributed by atoms with Gasteiger partial charge in [-0.1, -0.05) is 84.9 Å². The summed E-state index contributed by atoms with van der Waals surface area (Å²) in [6.45, 7) is 1.46. The van der Waals surface area contributed by atoms with Gasteiger partial charge >= 0.3 is 5.97 Å². The molecule has 3 heterocycles. The van der Waals surface area contributed by atoms with Crippen LogP contribution < -0.4 is 14.6 Å². The quantitative estimate of drug-likeness (QED) is 0.146. The van der Waals surface area contributed by atoms with Crippen LogP contribution in [0, 0.1) is 0 Å². The van der Waals surface area contributed by atoms with Crippen LogP contribution in [0.25, 0.3) is 6.08 Å². The zero-order chi connectivity index (χ0) is 30.3. The van der Waals surface area contributed by atoms with Gasteiger partial charge in [0.15, 0.2) is 18.9 Å². The number of rotatable bonds is 11. The molecule has 222 valence electrons. The van der Waals surface area contributed by atoms with Crippen LogP contribution in [-0.4, -0.2) is 41.1 Å². The van der Waals surface area contributed by atoms with Gasteiger partial charge in [0, 0.05) is 30.0 Å². The third-order valence-electron chi connectivity index (χ3n) is 7.69. The molecule has 0 saturated carbocycles. The van der Waals surface area contributed by atoms with Gasteiger partial charge in [-0.3, -0.25) is 15.0 Å². The fraction of sp³-hybridized carbons (Fsp3) is 0.194. The lowest BCUT2D eigenvalue weighted by atomic mass is 10.0. The Kier molecular flexibility index (Phi) is 9.20. The number of amides is 1. The van der Waals surface area contributed by atoms with Gasteiger partial charge in [0.25, 0.3) is 0 Å². The van der Waals surface area contributed by atoms with Gasteiger partial charge in [-0.15, -0.1) is 11.8 Å². The van der Waals surface area contributed by atoms with E-state index >= 15 is 0 Å². The van der Waals surface area contributed by atoms with E-state index in [0.29, 0.717) is 18.0 Å². The molecule has 7 nitrogen and oxygen atoms in total. The van der Waals surface area contributed by atoms with Gasteiger partial charge in [0.2, 0.25) is 5.91 Å². The third-order valence-corrected chi connectivity index (χ3v) is 8.99. The van der Waals surface area contributed by atoms with Gasteiger partial charge in [-0.05, 0) is 34.4 Å². The average molecular weight is 605 g/mol. The molecule has 1 saturated heterocycles. The van der Waals surface area contributed by atoms with Gasteiger partial charge in [-0.25, -0.2) is 9.36 Å². The Labute approximate surface area is 261 Å². The fourth-order valence-corrected chi connectivity index (χ4v) is 6.61. The van der Waals surface area contributed by atoms with Crippen LogP contribution in [0.2, 0.25) is 0 Å². The van der Waals surface area contributed by atoms with Crippen molar-refractivity contribution in [3.05, 3.63) is 149 Å². The summed E-state index contributed by atoms with van der Waals surface area (Å²) in [5.41, 5.74) is 5.23. The molecule has 4 aromatic rings. The van der Waals surface area contributed by atoms with Crippen molar-refractivity contribution in [2.45, 2.75) is 31.1 Å². The first kappa shape index (κ1) is 29.4. The predicted molar refractivity (Wildman–Crippen MR) is 171 cm³/mol. The Hall–Kier alpha value is -4.66. The Morgan fingerprint density at radius 3 is 2.34 bits per heavy atom. The van der Waals surface area contributed by atoms with E-state index in [1.165, 1.54) is 5.56 Å². The van der Waals surface area contributed by atoms with E-state index < -0.39 is 5.97 Å². The summed E-state index contributed by atoms with van der Waals surface area (Å²) in [5.74, 6) is 0.693. The number of methoxy groups -OCH3 is 1. The summed E-state index contributed by atoms with van der Waals surface area (Å²) >= 11 is 1.66. The van der Waals surface area contributed by atoms with Crippen LogP contribution in [-0.2, 0) is 34.0 Å². The summed E-state index contributed by atoms with van der Waals surface area (Å²) in [6.07, 6.45) is 8.01. The van der Waals surface area contributed by atoms with E-state index in [4.69, 9.17) is 9.47 Å². The average Bonchev–Trinajstić information content (AvgIpc) is 3.07. The highest BCUT2D eigenvalue weighted by molar-refractivity contribution is 8.00. The maximum Gasteiger partial charge on any atom is 0.355 e. The van der Waals surface area contributed by atoms with E-state index in [1.54, 1.807) is 23.8 Å². The molecule has 44 heavy (non-hydrogen) atoms. The molecule has 0 radical (unpaired) electrons. The summed E-state index contributed by atoms with van der Waals surface area (Å²) in [4.78, 5) is 28.6. The minimum atomic E-state index is -0.504. The first-order valence-electron chi connectivity index (χ1n) is 14.6. The number of ether oxygens (including phenoxy) is 2. The van der Waals surface area contributed by atoms with Crippen molar-refractivity contribution in [1.29, 1.82) is 0 Å². The number of esters is 1. The maximum atomic E-state index is 13.6. The number of carbonyl (C=O) groups is 2. The number of fused-ring (bicyclic) bond motifs is 1. The Morgan fingerprint density at radius 1 is 0.909 bits per heavy atom. The highest BCUT2D eigenvalue weighted by Crippen LogP contribution is 2.41. The van der Waals surface area contributed by atoms with Crippen LogP contribution in [0.3, 0.4) is 0 Å². The number of allylic oxidation sites excluding steroid dienone is 1. The molecule has 1 N–H and O–H groups in total. The first-order valence-corrected chi connectivity index (χ1v) is 15.6. The first-order chi connectivity index (χ1) is 21.6. The molecular weight excluding hydrogens is 570 g/mol. The molecule has 1 amide bonds.